The van der Waals surface area contributed by atoms with Crippen LogP contribution in [0.25, 0.3) is 0 Å². The monoisotopic (exact) mass is 267 g/mol. The van der Waals surface area contributed by atoms with E-state index < -0.39 is 0 Å². The largest absolute Gasteiger partial charge is 0.388 e. The molecule has 19 heavy (non-hydrogen) atoms. The number of methoxy groups -OCH3 is 1. The van der Waals surface area contributed by atoms with Crippen LogP contribution in [-0.2, 0) is 11.3 Å². The molecule has 0 aliphatic carbocycles. The summed E-state index contributed by atoms with van der Waals surface area (Å²) in [6.45, 7) is 4.01. The van der Waals surface area contributed by atoms with E-state index in [-0.39, 0.29) is 11.4 Å². The van der Waals surface area contributed by atoms with E-state index in [0.29, 0.717) is 38.5 Å². The number of nitrogens with zero attached hydrogens (tertiary/aromatic N) is 3. The summed E-state index contributed by atoms with van der Waals surface area (Å²) in [5, 5.41) is 7.28. The fraction of sp³-hybridized carbons (Fsp3) is 0.583. The number of aromatic nitrogens is 2. The maximum Gasteiger partial charge on any atom is 0.293 e. The van der Waals surface area contributed by atoms with Gasteiger partial charge in [-0.25, -0.2) is 4.98 Å². The number of nitrogens with one attached hydrogen (secondary N) is 1. The number of nitrogens with two attached hydrogens (primary N) is 1. The first-order valence-corrected chi connectivity index (χ1v) is 6.22. The van der Waals surface area contributed by atoms with Crippen LogP contribution in [0, 0.1) is 5.41 Å². The highest BCUT2D eigenvalue weighted by Crippen LogP contribution is 2.04. The van der Waals surface area contributed by atoms with E-state index in [0.717, 1.165) is 0 Å². The summed E-state index contributed by atoms with van der Waals surface area (Å²) in [7, 11) is 1.60. The highest BCUT2D eigenvalue weighted by molar-refractivity contribution is 5.77. The Labute approximate surface area is 112 Å². The van der Waals surface area contributed by atoms with Crippen molar-refractivity contribution in [3.05, 3.63) is 22.7 Å². The van der Waals surface area contributed by atoms with Gasteiger partial charge in [-0.15, -0.1) is 0 Å². The van der Waals surface area contributed by atoms with Gasteiger partial charge in [0, 0.05) is 45.6 Å². The molecule has 0 unspecified atom stereocenters. The van der Waals surface area contributed by atoms with E-state index in [4.69, 9.17) is 15.9 Å². The van der Waals surface area contributed by atoms with Crippen LogP contribution in [0.5, 0.6) is 0 Å². The van der Waals surface area contributed by atoms with Gasteiger partial charge in [-0.3, -0.25) is 10.2 Å². The van der Waals surface area contributed by atoms with Crippen LogP contribution in [-0.4, -0.2) is 42.2 Å². The predicted octanol–water partition coefficient (Wildman–Crippen LogP) is 0.0421. The minimum atomic E-state index is -0.135. The molecule has 7 nitrogen and oxygen atoms in total. The van der Waals surface area contributed by atoms with Gasteiger partial charge in [0.05, 0.1) is 12.4 Å². The molecule has 0 saturated carbocycles. The standard InChI is InChI=1S/C12H21N5O2/c1-3-16-7-5-15-11(12(16)18)17(8-9-19-2)6-4-10(13)14/h5,7H,3-4,6,8-9H2,1-2H3,(H3,13,14). The Kier molecular flexibility index (Phi) is 6.01. The second-order valence-corrected chi connectivity index (χ2v) is 4.10. The molecule has 3 N–H and O–H groups in total. The lowest BCUT2D eigenvalue weighted by Crippen LogP contribution is -2.37. The molecule has 1 aromatic heterocycles. The Morgan fingerprint density at radius 3 is 2.89 bits per heavy atom. The number of ether oxygens (including phenoxy) is 1. The van der Waals surface area contributed by atoms with Crippen molar-refractivity contribution in [2.45, 2.75) is 19.9 Å². The molecule has 1 rings (SSSR count). The Bertz CT molecular complexity index is 471. The average Bonchev–Trinajstić information content (AvgIpc) is 2.39. The van der Waals surface area contributed by atoms with Crippen molar-refractivity contribution in [2.24, 2.45) is 5.73 Å². The Morgan fingerprint density at radius 2 is 2.32 bits per heavy atom. The zero-order valence-electron chi connectivity index (χ0n) is 11.4. The maximum absolute atomic E-state index is 12.2. The number of anilines is 1. The van der Waals surface area contributed by atoms with E-state index in [1.807, 2.05) is 6.92 Å². The van der Waals surface area contributed by atoms with Gasteiger partial charge in [-0.2, -0.15) is 0 Å². The molecule has 0 fully saturated rings. The third-order valence-corrected chi connectivity index (χ3v) is 2.75. The summed E-state index contributed by atoms with van der Waals surface area (Å²) in [5.74, 6) is 0.469. The lowest BCUT2D eigenvalue weighted by atomic mass is 10.3. The van der Waals surface area contributed by atoms with E-state index in [1.54, 1.807) is 29.0 Å². The first-order chi connectivity index (χ1) is 9.10. The van der Waals surface area contributed by atoms with Crippen molar-refractivity contribution in [1.82, 2.24) is 9.55 Å². The van der Waals surface area contributed by atoms with E-state index in [9.17, 15) is 4.79 Å². The molecule has 0 aliphatic rings. The molecular formula is C12H21N5O2. The Morgan fingerprint density at radius 1 is 1.58 bits per heavy atom. The fourth-order valence-corrected chi connectivity index (χ4v) is 1.68. The molecule has 0 aliphatic heterocycles. The van der Waals surface area contributed by atoms with Crippen LogP contribution in [0.2, 0.25) is 0 Å². The number of amidine groups is 1. The smallest absolute Gasteiger partial charge is 0.293 e. The highest BCUT2D eigenvalue weighted by atomic mass is 16.5. The zero-order chi connectivity index (χ0) is 14.3. The van der Waals surface area contributed by atoms with Crippen LogP contribution >= 0.6 is 0 Å². The van der Waals surface area contributed by atoms with Crippen LogP contribution in [0.3, 0.4) is 0 Å². The van der Waals surface area contributed by atoms with Crippen LogP contribution < -0.4 is 16.2 Å². The van der Waals surface area contributed by atoms with Gasteiger partial charge >= 0.3 is 0 Å². The summed E-state index contributed by atoms with van der Waals surface area (Å²) in [6, 6.07) is 0. The minimum absolute atomic E-state index is 0.0918. The van der Waals surface area contributed by atoms with Crippen LogP contribution in [0.15, 0.2) is 17.2 Å². The number of rotatable bonds is 8. The lowest BCUT2D eigenvalue weighted by molar-refractivity contribution is 0.205. The van der Waals surface area contributed by atoms with Gasteiger partial charge in [0.2, 0.25) is 0 Å². The second-order valence-electron chi connectivity index (χ2n) is 4.10. The molecule has 7 heteroatoms. The number of hydrogen-bond donors (Lipinski definition) is 2. The Balaban J connectivity index is 2.95. The number of aryl methyl sites for hydroxylation is 1. The van der Waals surface area contributed by atoms with Gasteiger partial charge in [-0.05, 0) is 6.92 Å². The molecule has 0 saturated heterocycles. The fourth-order valence-electron chi connectivity index (χ4n) is 1.68. The first kappa shape index (κ1) is 15.2. The predicted molar refractivity (Wildman–Crippen MR) is 74.8 cm³/mol. The molecule has 0 aromatic carbocycles. The third-order valence-electron chi connectivity index (χ3n) is 2.75. The second kappa shape index (κ2) is 7.52. The van der Waals surface area contributed by atoms with Crippen molar-refractivity contribution in [3.63, 3.8) is 0 Å². The molecule has 0 atom stereocenters. The molecule has 0 spiro atoms. The Hall–Kier alpha value is -1.89. The van der Waals surface area contributed by atoms with E-state index >= 15 is 0 Å². The van der Waals surface area contributed by atoms with Gasteiger partial charge in [0.1, 0.15) is 0 Å². The van der Waals surface area contributed by atoms with Crippen molar-refractivity contribution in [1.29, 1.82) is 5.41 Å². The quantitative estimate of drug-likeness (QED) is 0.512. The first-order valence-electron chi connectivity index (χ1n) is 6.22. The molecule has 0 bridgehead atoms. The summed E-state index contributed by atoms with van der Waals surface area (Å²) in [6.07, 6.45) is 3.66. The zero-order valence-corrected chi connectivity index (χ0v) is 11.4. The molecular weight excluding hydrogens is 246 g/mol. The molecule has 0 amide bonds. The van der Waals surface area contributed by atoms with Gasteiger partial charge in [-0.1, -0.05) is 0 Å². The van der Waals surface area contributed by atoms with Crippen molar-refractivity contribution >= 4 is 11.7 Å². The van der Waals surface area contributed by atoms with Crippen LogP contribution in [0.4, 0.5) is 5.82 Å². The van der Waals surface area contributed by atoms with Gasteiger partial charge in [0.15, 0.2) is 5.82 Å². The minimum Gasteiger partial charge on any atom is -0.388 e. The average molecular weight is 267 g/mol. The molecule has 1 aromatic rings. The summed E-state index contributed by atoms with van der Waals surface area (Å²) in [4.78, 5) is 18.1. The number of hydrogen-bond acceptors (Lipinski definition) is 5. The van der Waals surface area contributed by atoms with Gasteiger partial charge in [0.25, 0.3) is 5.56 Å². The topological polar surface area (TPSA) is 97.2 Å². The van der Waals surface area contributed by atoms with Crippen molar-refractivity contribution < 1.29 is 4.74 Å². The van der Waals surface area contributed by atoms with E-state index in [1.165, 1.54) is 0 Å². The molecule has 0 radical (unpaired) electrons. The van der Waals surface area contributed by atoms with Crippen molar-refractivity contribution in [3.8, 4) is 0 Å². The highest BCUT2D eigenvalue weighted by Gasteiger charge is 2.13. The molecule has 106 valence electrons. The summed E-state index contributed by atoms with van der Waals surface area (Å²) in [5.41, 5.74) is 5.23. The molecule has 1 heterocycles. The van der Waals surface area contributed by atoms with E-state index in [2.05, 4.69) is 4.98 Å². The SMILES string of the molecule is CCn1ccnc(N(CCOC)CCC(=N)N)c1=O. The summed E-state index contributed by atoms with van der Waals surface area (Å²) >= 11 is 0. The lowest BCUT2D eigenvalue weighted by Gasteiger charge is -2.22. The van der Waals surface area contributed by atoms with Crippen LogP contribution in [0.1, 0.15) is 13.3 Å². The summed E-state index contributed by atoms with van der Waals surface area (Å²) < 4.78 is 6.63. The van der Waals surface area contributed by atoms with Gasteiger partial charge < -0.3 is 19.9 Å². The van der Waals surface area contributed by atoms with Crippen molar-refractivity contribution in [2.75, 3.05) is 31.7 Å². The maximum atomic E-state index is 12.2. The third kappa shape index (κ3) is 4.36. The normalized spacial score (nSPS) is 10.4.